The SMILES string of the molecule is O=C(NO)C1CCc2ccc(OCc3ccc(C(F)(F)F)cc3)cc2O1. The summed E-state index contributed by atoms with van der Waals surface area (Å²) >= 11 is 0. The Morgan fingerprint density at radius 1 is 1.23 bits per heavy atom. The monoisotopic (exact) mass is 367 g/mol. The number of alkyl halides is 3. The molecule has 1 atom stereocenters. The van der Waals surface area contributed by atoms with Crippen molar-refractivity contribution in [3.63, 3.8) is 0 Å². The van der Waals surface area contributed by atoms with Crippen molar-refractivity contribution < 1.29 is 32.6 Å². The summed E-state index contributed by atoms with van der Waals surface area (Å²) in [4.78, 5) is 11.5. The molecule has 1 amide bonds. The summed E-state index contributed by atoms with van der Waals surface area (Å²) in [6.07, 6.45) is -4.08. The molecule has 1 unspecified atom stereocenters. The number of hydrogen-bond donors (Lipinski definition) is 2. The summed E-state index contributed by atoms with van der Waals surface area (Å²) in [6.45, 7) is 0.0947. The van der Waals surface area contributed by atoms with Gasteiger partial charge in [0.1, 0.15) is 18.1 Å². The van der Waals surface area contributed by atoms with Gasteiger partial charge in [-0.3, -0.25) is 10.0 Å². The number of halogens is 3. The zero-order chi connectivity index (χ0) is 18.7. The molecule has 1 heterocycles. The largest absolute Gasteiger partial charge is 0.489 e. The maximum atomic E-state index is 12.6. The molecule has 0 saturated heterocycles. The van der Waals surface area contributed by atoms with Gasteiger partial charge >= 0.3 is 6.18 Å². The lowest BCUT2D eigenvalue weighted by Gasteiger charge is -2.24. The lowest BCUT2D eigenvalue weighted by Crippen LogP contribution is -2.38. The van der Waals surface area contributed by atoms with Crippen molar-refractivity contribution in [3.8, 4) is 11.5 Å². The third kappa shape index (κ3) is 4.08. The number of fused-ring (bicyclic) bond motifs is 1. The van der Waals surface area contributed by atoms with Gasteiger partial charge < -0.3 is 9.47 Å². The lowest BCUT2D eigenvalue weighted by molar-refractivity contribution is -0.138. The van der Waals surface area contributed by atoms with Gasteiger partial charge in [-0.25, -0.2) is 5.48 Å². The predicted octanol–water partition coefficient (Wildman–Crippen LogP) is 3.48. The van der Waals surface area contributed by atoms with Crippen LogP contribution in [0.25, 0.3) is 0 Å². The standard InChI is InChI=1S/C18H16F3NO4/c19-18(20,21)13-5-1-11(2-6-13)10-25-14-7-3-12-4-8-15(17(23)22-24)26-16(12)9-14/h1-3,5-7,9,15,24H,4,8,10H2,(H,22,23). The van der Waals surface area contributed by atoms with E-state index < -0.39 is 23.8 Å². The van der Waals surface area contributed by atoms with Crippen LogP contribution in [0.15, 0.2) is 42.5 Å². The number of rotatable bonds is 4. The molecular formula is C18H16F3NO4. The van der Waals surface area contributed by atoms with Gasteiger partial charge in [0.15, 0.2) is 6.10 Å². The van der Waals surface area contributed by atoms with Crippen LogP contribution in [0, 0.1) is 0 Å². The Bertz CT molecular complexity index is 790. The first kappa shape index (κ1) is 18.1. The Kier molecular flexibility index (Phi) is 5.03. The normalized spacial score (nSPS) is 16.4. The minimum absolute atomic E-state index is 0.0947. The van der Waals surface area contributed by atoms with Crippen LogP contribution in [0.1, 0.15) is 23.1 Å². The van der Waals surface area contributed by atoms with Gasteiger partial charge in [-0.15, -0.1) is 0 Å². The third-order valence-corrected chi connectivity index (χ3v) is 4.07. The van der Waals surface area contributed by atoms with Crippen LogP contribution in [0.2, 0.25) is 0 Å². The quantitative estimate of drug-likeness (QED) is 0.641. The van der Waals surface area contributed by atoms with E-state index in [1.807, 2.05) is 6.07 Å². The summed E-state index contributed by atoms with van der Waals surface area (Å²) in [5.74, 6) is 0.329. The van der Waals surface area contributed by atoms with Crippen LogP contribution < -0.4 is 15.0 Å². The molecule has 5 nitrogen and oxygen atoms in total. The molecule has 3 rings (SSSR count). The Morgan fingerprint density at radius 2 is 1.96 bits per heavy atom. The van der Waals surface area contributed by atoms with E-state index in [2.05, 4.69) is 0 Å². The first-order valence-electron chi connectivity index (χ1n) is 7.89. The maximum Gasteiger partial charge on any atom is 0.416 e. The summed E-state index contributed by atoms with van der Waals surface area (Å²) in [6, 6.07) is 9.90. The fourth-order valence-electron chi connectivity index (χ4n) is 2.65. The molecule has 0 fully saturated rings. The highest BCUT2D eigenvalue weighted by Crippen LogP contribution is 2.32. The molecule has 2 aromatic carbocycles. The third-order valence-electron chi connectivity index (χ3n) is 4.07. The van der Waals surface area contributed by atoms with E-state index in [1.165, 1.54) is 12.1 Å². The number of ether oxygens (including phenoxy) is 2. The molecule has 2 N–H and O–H groups in total. The number of hydroxylamine groups is 1. The molecule has 0 spiro atoms. The average Bonchev–Trinajstić information content (AvgIpc) is 2.64. The number of hydrogen-bond acceptors (Lipinski definition) is 4. The van der Waals surface area contributed by atoms with Gasteiger partial charge in [0, 0.05) is 6.07 Å². The molecule has 0 saturated carbocycles. The molecule has 26 heavy (non-hydrogen) atoms. The van der Waals surface area contributed by atoms with E-state index >= 15 is 0 Å². The second-order valence-corrected chi connectivity index (χ2v) is 5.87. The average molecular weight is 367 g/mol. The van der Waals surface area contributed by atoms with Crippen molar-refractivity contribution >= 4 is 5.91 Å². The molecule has 1 aliphatic rings. The highest BCUT2D eigenvalue weighted by Gasteiger charge is 2.30. The summed E-state index contributed by atoms with van der Waals surface area (Å²) < 4.78 is 48.8. The number of aryl methyl sites for hydroxylation is 1. The first-order valence-corrected chi connectivity index (χ1v) is 7.89. The van der Waals surface area contributed by atoms with Crippen LogP contribution in [0.4, 0.5) is 13.2 Å². The Labute approximate surface area is 147 Å². The second kappa shape index (κ2) is 7.25. The Hall–Kier alpha value is -2.74. The molecule has 2 aromatic rings. The summed E-state index contributed by atoms with van der Waals surface area (Å²) in [5, 5.41) is 8.70. The molecule has 0 aromatic heterocycles. The van der Waals surface area contributed by atoms with Crippen LogP contribution in [0.5, 0.6) is 11.5 Å². The van der Waals surface area contributed by atoms with Crippen molar-refractivity contribution in [3.05, 3.63) is 59.2 Å². The number of carbonyl (C=O) groups excluding carboxylic acids is 1. The fraction of sp³-hybridized carbons (Fsp3) is 0.278. The van der Waals surface area contributed by atoms with Gasteiger partial charge in [-0.1, -0.05) is 18.2 Å². The Morgan fingerprint density at radius 3 is 2.62 bits per heavy atom. The van der Waals surface area contributed by atoms with E-state index in [4.69, 9.17) is 14.7 Å². The topological polar surface area (TPSA) is 67.8 Å². The van der Waals surface area contributed by atoms with E-state index in [0.29, 0.717) is 29.9 Å². The number of amides is 1. The van der Waals surface area contributed by atoms with Crippen LogP contribution in [-0.2, 0) is 24.0 Å². The van der Waals surface area contributed by atoms with Gasteiger partial charge in [0.25, 0.3) is 5.91 Å². The highest BCUT2D eigenvalue weighted by atomic mass is 19.4. The smallest absolute Gasteiger partial charge is 0.416 e. The molecule has 138 valence electrons. The predicted molar refractivity (Wildman–Crippen MR) is 84.9 cm³/mol. The summed E-state index contributed by atoms with van der Waals surface area (Å²) in [5.41, 5.74) is 2.36. The van der Waals surface area contributed by atoms with Crippen molar-refractivity contribution in [1.29, 1.82) is 0 Å². The molecule has 0 aliphatic carbocycles. The molecule has 1 aliphatic heterocycles. The first-order chi connectivity index (χ1) is 12.4. The van der Waals surface area contributed by atoms with E-state index in [9.17, 15) is 18.0 Å². The van der Waals surface area contributed by atoms with Crippen molar-refractivity contribution in [1.82, 2.24) is 5.48 Å². The molecular weight excluding hydrogens is 351 g/mol. The van der Waals surface area contributed by atoms with E-state index in [1.54, 1.807) is 17.6 Å². The van der Waals surface area contributed by atoms with Crippen LogP contribution >= 0.6 is 0 Å². The highest BCUT2D eigenvalue weighted by molar-refractivity contribution is 5.80. The zero-order valence-electron chi connectivity index (χ0n) is 13.5. The van der Waals surface area contributed by atoms with Gasteiger partial charge in [0.2, 0.25) is 0 Å². The maximum absolute atomic E-state index is 12.6. The van der Waals surface area contributed by atoms with Gasteiger partial charge in [0.05, 0.1) is 5.56 Å². The lowest BCUT2D eigenvalue weighted by atomic mass is 10.0. The summed E-state index contributed by atoms with van der Waals surface area (Å²) in [7, 11) is 0. The minimum Gasteiger partial charge on any atom is -0.489 e. The van der Waals surface area contributed by atoms with E-state index in [-0.39, 0.29) is 6.61 Å². The van der Waals surface area contributed by atoms with Crippen molar-refractivity contribution in [2.45, 2.75) is 31.7 Å². The molecule has 0 bridgehead atoms. The van der Waals surface area contributed by atoms with Crippen LogP contribution in [0.3, 0.4) is 0 Å². The van der Waals surface area contributed by atoms with Gasteiger partial charge in [-0.05, 0) is 42.2 Å². The minimum atomic E-state index is -4.37. The Balaban J connectivity index is 1.65. The fourth-order valence-corrected chi connectivity index (χ4v) is 2.65. The number of nitrogens with one attached hydrogen (secondary N) is 1. The van der Waals surface area contributed by atoms with Crippen molar-refractivity contribution in [2.24, 2.45) is 0 Å². The second-order valence-electron chi connectivity index (χ2n) is 5.87. The van der Waals surface area contributed by atoms with Crippen molar-refractivity contribution in [2.75, 3.05) is 0 Å². The molecule has 0 radical (unpaired) electrons. The van der Waals surface area contributed by atoms with Gasteiger partial charge in [-0.2, -0.15) is 13.2 Å². The van der Waals surface area contributed by atoms with Crippen LogP contribution in [-0.4, -0.2) is 17.2 Å². The number of carbonyl (C=O) groups is 1. The molecule has 8 heteroatoms. The van der Waals surface area contributed by atoms with E-state index in [0.717, 1.165) is 17.7 Å². The zero-order valence-corrected chi connectivity index (χ0v) is 13.5. The number of benzene rings is 2.